The largest absolute Gasteiger partial charge is 0.496 e. The van der Waals surface area contributed by atoms with Crippen LogP contribution in [-0.2, 0) is 4.79 Å². The number of hydrogen-bond donors (Lipinski definition) is 0. The second-order valence-corrected chi connectivity index (χ2v) is 4.92. The van der Waals surface area contributed by atoms with Gasteiger partial charge in [0.25, 0.3) is 0 Å². The van der Waals surface area contributed by atoms with Crippen molar-refractivity contribution in [2.45, 2.75) is 6.92 Å². The van der Waals surface area contributed by atoms with Gasteiger partial charge in [0.05, 0.1) is 14.2 Å². The Kier molecular flexibility index (Phi) is 5.73. The van der Waals surface area contributed by atoms with E-state index in [0.717, 1.165) is 5.56 Å². The number of esters is 1. The van der Waals surface area contributed by atoms with E-state index in [-0.39, 0.29) is 22.8 Å². The molecule has 0 radical (unpaired) electrons. The lowest BCUT2D eigenvalue weighted by molar-refractivity contribution is -0.128. The van der Waals surface area contributed by atoms with E-state index in [4.69, 9.17) is 14.2 Å². The standard InChI is InChI=1S/C19H18O5/c1-13(20)19-16(23-3)11-15(22-2)12-17(19)24-18(21)10-9-14-7-5-4-6-8-14/h4-12H,1-3H3/b10-9+. The van der Waals surface area contributed by atoms with Gasteiger partial charge in [-0.05, 0) is 18.6 Å². The van der Waals surface area contributed by atoms with Crippen molar-refractivity contribution in [2.75, 3.05) is 14.2 Å². The number of rotatable bonds is 6. The van der Waals surface area contributed by atoms with Crippen LogP contribution in [0.15, 0.2) is 48.5 Å². The summed E-state index contributed by atoms with van der Waals surface area (Å²) in [6, 6.07) is 12.4. The number of Topliss-reactive ketones (excluding diaryl/α,β-unsaturated/α-hetero) is 1. The molecule has 5 nitrogen and oxygen atoms in total. The molecule has 0 saturated heterocycles. The molecule has 124 valence electrons. The molecule has 0 amide bonds. The summed E-state index contributed by atoms with van der Waals surface area (Å²) in [4.78, 5) is 23.9. The molecule has 0 aromatic heterocycles. The minimum atomic E-state index is -0.600. The monoisotopic (exact) mass is 326 g/mol. The smallest absolute Gasteiger partial charge is 0.336 e. The lowest BCUT2D eigenvalue weighted by atomic mass is 10.1. The van der Waals surface area contributed by atoms with E-state index in [2.05, 4.69) is 0 Å². The average Bonchev–Trinajstić information content (AvgIpc) is 2.59. The van der Waals surface area contributed by atoms with Crippen molar-refractivity contribution in [3.05, 3.63) is 59.7 Å². The summed E-state index contributed by atoms with van der Waals surface area (Å²) in [7, 11) is 2.91. The van der Waals surface area contributed by atoms with Gasteiger partial charge in [0.15, 0.2) is 5.78 Å². The van der Waals surface area contributed by atoms with Crippen LogP contribution in [0.3, 0.4) is 0 Å². The topological polar surface area (TPSA) is 61.8 Å². The minimum absolute atomic E-state index is 0.0985. The molecule has 2 rings (SSSR count). The van der Waals surface area contributed by atoms with E-state index in [0.29, 0.717) is 5.75 Å². The van der Waals surface area contributed by atoms with Crippen LogP contribution < -0.4 is 14.2 Å². The van der Waals surface area contributed by atoms with Crippen LogP contribution >= 0.6 is 0 Å². The number of carbonyl (C=O) groups excluding carboxylic acids is 2. The Balaban J connectivity index is 2.29. The van der Waals surface area contributed by atoms with Crippen molar-refractivity contribution in [1.82, 2.24) is 0 Å². The minimum Gasteiger partial charge on any atom is -0.496 e. The average molecular weight is 326 g/mol. The van der Waals surface area contributed by atoms with Gasteiger partial charge >= 0.3 is 5.97 Å². The highest BCUT2D eigenvalue weighted by molar-refractivity contribution is 6.01. The third-order valence-corrected chi connectivity index (χ3v) is 3.27. The van der Waals surface area contributed by atoms with Crippen LogP contribution in [0, 0.1) is 0 Å². The first-order valence-electron chi connectivity index (χ1n) is 7.27. The molecular formula is C19H18O5. The zero-order chi connectivity index (χ0) is 17.5. The fourth-order valence-corrected chi connectivity index (χ4v) is 2.14. The second kappa shape index (κ2) is 7.97. The summed E-state index contributed by atoms with van der Waals surface area (Å²) in [5, 5.41) is 0. The summed E-state index contributed by atoms with van der Waals surface area (Å²) in [5.74, 6) is -0.0641. The zero-order valence-corrected chi connectivity index (χ0v) is 13.7. The Hall–Kier alpha value is -3.08. The first kappa shape index (κ1) is 17.3. The molecule has 0 unspecified atom stereocenters. The number of benzene rings is 2. The van der Waals surface area contributed by atoms with Crippen LogP contribution in [0.1, 0.15) is 22.8 Å². The van der Waals surface area contributed by atoms with Crippen molar-refractivity contribution in [2.24, 2.45) is 0 Å². The molecule has 0 atom stereocenters. The van der Waals surface area contributed by atoms with Gasteiger partial charge in [-0.1, -0.05) is 30.3 Å². The molecule has 0 saturated carbocycles. The summed E-state index contributed by atoms with van der Waals surface area (Å²) in [5.41, 5.74) is 1.06. The Morgan fingerprint density at radius 2 is 1.62 bits per heavy atom. The van der Waals surface area contributed by atoms with E-state index >= 15 is 0 Å². The highest BCUT2D eigenvalue weighted by Gasteiger charge is 2.19. The van der Waals surface area contributed by atoms with Gasteiger partial charge in [0, 0.05) is 18.2 Å². The molecule has 0 spiro atoms. The molecule has 24 heavy (non-hydrogen) atoms. The zero-order valence-electron chi connectivity index (χ0n) is 13.7. The Bertz CT molecular complexity index is 763. The van der Waals surface area contributed by atoms with E-state index in [1.807, 2.05) is 30.3 Å². The van der Waals surface area contributed by atoms with Gasteiger partial charge in [-0.15, -0.1) is 0 Å². The number of ether oxygens (including phenoxy) is 3. The van der Waals surface area contributed by atoms with E-state index < -0.39 is 5.97 Å². The van der Waals surface area contributed by atoms with Crippen LogP contribution in [0.25, 0.3) is 6.08 Å². The fraction of sp³-hybridized carbons (Fsp3) is 0.158. The Morgan fingerprint density at radius 1 is 0.958 bits per heavy atom. The maximum Gasteiger partial charge on any atom is 0.336 e. The van der Waals surface area contributed by atoms with Gasteiger partial charge in [0.1, 0.15) is 22.8 Å². The SMILES string of the molecule is COc1cc(OC)c(C(C)=O)c(OC(=O)/C=C/c2ccccc2)c1. The summed E-state index contributed by atoms with van der Waals surface area (Å²) >= 11 is 0. The maximum atomic E-state index is 12.1. The summed E-state index contributed by atoms with van der Waals surface area (Å²) in [6.07, 6.45) is 2.93. The molecule has 0 aliphatic rings. The van der Waals surface area contributed by atoms with E-state index in [1.54, 1.807) is 12.1 Å². The van der Waals surface area contributed by atoms with Crippen molar-refractivity contribution < 1.29 is 23.8 Å². The van der Waals surface area contributed by atoms with Crippen LogP contribution in [0.2, 0.25) is 0 Å². The molecule has 0 bridgehead atoms. The highest BCUT2D eigenvalue weighted by atomic mass is 16.5. The van der Waals surface area contributed by atoms with Gasteiger partial charge in [-0.2, -0.15) is 0 Å². The summed E-state index contributed by atoms with van der Waals surface area (Å²) < 4.78 is 15.6. The normalized spacial score (nSPS) is 10.5. The molecule has 0 N–H and O–H groups in total. The van der Waals surface area contributed by atoms with Gasteiger partial charge in [-0.25, -0.2) is 4.79 Å². The molecular weight excluding hydrogens is 308 g/mol. The summed E-state index contributed by atoms with van der Waals surface area (Å²) in [6.45, 7) is 1.38. The fourth-order valence-electron chi connectivity index (χ4n) is 2.14. The molecule has 2 aromatic carbocycles. The van der Waals surface area contributed by atoms with Gasteiger partial charge < -0.3 is 14.2 Å². The predicted octanol–water partition coefficient (Wildman–Crippen LogP) is 3.53. The first-order valence-corrected chi connectivity index (χ1v) is 7.27. The molecule has 0 fully saturated rings. The lowest BCUT2D eigenvalue weighted by Gasteiger charge is -2.13. The first-order chi connectivity index (χ1) is 11.5. The van der Waals surface area contributed by atoms with E-state index in [9.17, 15) is 9.59 Å². The second-order valence-electron chi connectivity index (χ2n) is 4.92. The molecule has 0 aliphatic carbocycles. The van der Waals surface area contributed by atoms with Crippen LogP contribution in [0.4, 0.5) is 0 Å². The van der Waals surface area contributed by atoms with Gasteiger partial charge in [0.2, 0.25) is 0 Å². The number of carbonyl (C=O) groups is 2. The van der Waals surface area contributed by atoms with Crippen molar-refractivity contribution in [1.29, 1.82) is 0 Å². The van der Waals surface area contributed by atoms with Crippen molar-refractivity contribution in [3.63, 3.8) is 0 Å². The highest BCUT2D eigenvalue weighted by Crippen LogP contribution is 2.34. The third kappa shape index (κ3) is 4.23. The number of methoxy groups -OCH3 is 2. The Labute approximate surface area is 140 Å². The van der Waals surface area contributed by atoms with Crippen molar-refractivity contribution in [3.8, 4) is 17.2 Å². The van der Waals surface area contributed by atoms with Gasteiger partial charge in [-0.3, -0.25) is 4.79 Å². The molecule has 0 aliphatic heterocycles. The quantitative estimate of drug-likeness (QED) is 0.352. The molecule has 0 heterocycles. The lowest BCUT2D eigenvalue weighted by Crippen LogP contribution is -2.09. The number of hydrogen-bond acceptors (Lipinski definition) is 5. The van der Waals surface area contributed by atoms with E-state index in [1.165, 1.54) is 33.3 Å². The van der Waals surface area contributed by atoms with Crippen molar-refractivity contribution >= 4 is 17.8 Å². The molecule has 5 heteroatoms. The van der Waals surface area contributed by atoms with Crippen LogP contribution in [0.5, 0.6) is 17.2 Å². The number of ketones is 1. The van der Waals surface area contributed by atoms with Crippen LogP contribution in [-0.4, -0.2) is 26.0 Å². The predicted molar refractivity (Wildman–Crippen MR) is 90.7 cm³/mol. The third-order valence-electron chi connectivity index (χ3n) is 3.27. The maximum absolute atomic E-state index is 12.1. The Morgan fingerprint density at radius 3 is 2.21 bits per heavy atom. The molecule has 2 aromatic rings.